The van der Waals surface area contributed by atoms with Gasteiger partial charge >= 0.3 is 0 Å². The fourth-order valence-electron chi connectivity index (χ4n) is 2.21. The highest BCUT2D eigenvalue weighted by molar-refractivity contribution is 9.10. The molecule has 18 heavy (non-hydrogen) atoms. The van der Waals surface area contributed by atoms with Gasteiger partial charge in [-0.3, -0.25) is 4.79 Å². The summed E-state index contributed by atoms with van der Waals surface area (Å²) in [6.07, 6.45) is 1.79. The molecular weight excluding hydrogens is 296 g/mol. The highest BCUT2D eigenvalue weighted by atomic mass is 79.9. The molecule has 0 atom stereocenters. The molecule has 0 spiro atoms. The largest absolute Gasteiger partial charge is 0.378 e. The molecule has 94 valence electrons. The first-order valence-corrected chi connectivity index (χ1v) is 6.68. The van der Waals surface area contributed by atoms with Gasteiger partial charge in [0.2, 0.25) is 0 Å². The summed E-state index contributed by atoms with van der Waals surface area (Å²) in [5.41, 5.74) is 1.71. The molecule has 0 bridgehead atoms. The Hall–Kier alpha value is -1.33. The van der Waals surface area contributed by atoms with E-state index in [1.807, 2.05) is 23.1 Å². The molecule has 0 unspecified atom stereocenters. The predicted octanol–water partition coefficient (Wildman–Crippen LogP) is 2.40. The number of amides is 1. The van der Waals surface area contributed by atoms with Crippen LogP contribution in [0.25, 0.3) is 10.9 Å². The van der Waals surface area contributed by atoms with Gasteiger partial charge in [0, 0.05) is 34.7 Å². The third kappa shape index (κ3) is 2.04. The number of aromatic nitrogens is 1. The van der Waals surface area contributed by atoms with E-state index in [1.54, 1.807) is 6.20 Å². The first-order valence-electron chi connectivity index (χ1n) is 5.89. The minimum Gasteiger partial charge on any atom is -0.378 e. The van der Waals surface area contributed by atoms with Crippen molar-refractivity contribution in [1.29, 1.82) is 0 Å². The van der Waals surface area contributed by atoms with Crippen molar-refractivity contribution in [1.82, 2.24) is 9.88 Å². The van der Waals surface area contributed by atoms with Crippen LogP contribution in [0.3, 0.4) is 0 Å². The normalized spacial score (nSPS) is 16.2. The fourth-order valence-corrected chi connectivity index (χ4v) is 2.57. The second-order valence-electron chi connectivity index (χ2n) is 4.30. The van der Waals surface area contributed by atoms with E-state index < -0.39 is 0 Å². The van der Waals surface area contributed by atoms with Crippen molar-refractivity contribution >= 4 is 32.7 Å². The lowest BCUT2D eigenvalue weighted by molar-refractivity contribution is 0.0304. The van der Waals surface area contributed by atoms with Crippen LogP contribution in [0.5, 0.6) is 0 Å². The predicted molar refractivity (Wildman–Crippen MR) is 72.7 cm³/mol. The molecule has 0 aliphatic carbocycles. The van der Waals surface area contributed by atoms with Crippen molar-refractivity contribution in [2.75, 3.05) is 26.3 Å². The van der Waals surface area contributed by atoms with Crippen molar-refractivity contribution in [2.45, 2.75) is 0 Å². The number of nitrogens with one attached hydrogen (secondary N) is 1. The van der Waals surface area contributed by atoms with Gasteiger partial charge in [-0.15, -0.1) is 0 Å². The SMILES string of the molecule is O=C(c1c[nH]c2ccc(Br)cc12)N1CCOCC1. The summed E-state index contributed by atoms with van der Waals surface area (Å²) >= 11 is 3.44. The lowest BCUT2D eigenvalue weighted by atomic mass is 10.1. The lowest BCUT2D eigenvalue weighted by Crippen LogP contribution is -2.40. The average molecular weight is 309 g/mol. The van der Waals surface area contributed by atoms with E-state index in [0.29, 0.717) is 26.3 Å². The highest BCUT2D eigenvalue weighted by Crippen LogP contribution is 2.24. The molecule has 1 aromatic heterocycles. The Bertz CT molecular complexity index is 588. The van der Waals surface area contributed by atoms with Crippen molar-refractivity contribution in [3.63, 3.8) is 0 Å². The van der Waals surface area contributed by atoms with E-state index in [0.717, 1.165) is 20.9 Å². The monoisotopic (exact) mass is 308 g/mol. The zero-order valence-electron chi connectivity index (χ0n) is 9.78. The number of halogens is 1. The van der Waals surface area contributed by atoms with Crippen LogP contribution in [0.15, 0.2) is 28.9 Å². The van der Waals surface area contributed by atoms with Gasteiger partial charge in [0.25, 0.3) is 5.91 Å². The standard InChI is InChI=1S/C13H13BrN2O2/c14-9-1-2-12-10(7-9)11(8-15-12)13(17)16-3-5-18-6-4-16/h1-2,7-8,15H,3-6H2. The first-order chi connectivity index (χ1) is 8.75. The maximum Gasteiger partial charge on any atom is 0.256 e. The number of morpholine rings is 1. The summed E-state index contributed by atoms with van der Waals surface area (Å²) in [5.74, 6) is 0.0719. The van der Waals surface area contributed by atoms with E-state index in [9.17, 15) is 4.79 Å². The number of rotatable bonds is 1. The molecule has 4 nitrogen and oxygen atoms in total. The zero-order valence-corrected chi connectivity index (χ0v) is 11.4. The minimum absolute atomic E-state index is 0.0719. The van der Waals surface area contributed by atoms with Gasteiger partial charge in [0.1, 0.15) is 0 Å². The maximum absolute atomic E-state index is 12.4. The van der Waals surface area contributed by atoms with Gasteiger partial charge < -0.3 is 14.6 Å². The van der Waals surface area contributed by atoms with Crippen molar-refractivity contribution in [2.24, 2.45) is 0 Å². The molecule has 1 aliphatic heterocycles. The number of hydrogen-bond acceptors (Lipinski definition) is 2. The first kappa shape index (κ1) is 11.7. The van der Waals surface area contributed by atoms with Crippen LogP contribution in [0.1, 0.15) is 10.4 Å². The summed E-state index contributed by atoms with van der Waals surface area (Å²) in [6.45, 7) is 2.58. The molecule has 1 aliphatic rings. The van der Waals surface area contributed by atoms with Gasteiger partial charge in [-0.1, -0.05) is 15.9 Å². The molecule has 0 radical (unpaired) electrons. The molecule has 1 fully saturated rings. The van der Waals surface area contributed by atoms with Gasteiger partial charge in [0.15, 0.2) is 0 Å². The number of ether oxygens (including phenoxy) is 1. The van der Waals surface area contributed by atoms with E-state index in [2.05, 4.69) is 20.9 Å². The van der Waals surface area contributed by atoms with E-state index in [4.69, 9.17) is 4.74 Å². The van der Waals surface area contributed by atoms with Gasteiger partial charge in [0.05, 0.1) is 18.8 Å². The van der Waals surface area contributed by atoms with Crippen molar-refractivity contribution in [3.8, 4) is 0 Å². The Morgan fingerprint density at radius 3 is 2.89 bits per heavy atom. The van der Waals surface area contributed by atoms with Gasteiger partial charge in [-0.05, 0) is 18.2 Å². The summed E-state index contributed by atoms with van der Waals surface area (Å²) in [4.78, 5) is 17.4. The fraction of sp³-hybridized carbons (Fsp3) is 0.308. The van der Waals surface area contributed by atoms with Crippen LogP contribution in [-0.2, 0) is 4.74 Å². The molecule has 0 saturated carbocycles. The number of carbonyl (C=O) groups excluding carboxylic acids is 1. The quantitative estimate of drug-likeness (QED) is 0.879. The Labute approximate surface area is 113 Å². The summed E-state index contributed by atoms with van der Waals surface area (Å²) in [5, 5.41) is 0.959. The number of H-pyrrole nitrogens is 1. The molecule has 5 heteroatoms. The summed E-state index contributed by atoms with van der Waals surface area (Å²) in [7, 11) is 0. The third-order valence-electron chi connectivity index (χ3n) is 3.17. The van der Waals surface area contributed by atoms with Crippen LogP contribution in [0, 0.1) is 0 Å². The average Bonchev–Trinajstić information content (AvgIpc) is 2.82. The topological polar surface area (TPSA) is 45.3 Å². The van der Waals surface area contributed by atoms with Crippen LogP contribution in [-0.4, -0.2) is 42.1 Å². The van der Waals surface area contributed by atoms with Crippen LogP contribution in [0.4, 0.5) is 0 Å². The number of nitrogens with zero attached hydrogens (tertiary/aromatic N) is 1. The molecule has 3 rings (SSSR count). The smallest absolute Gasteiger partial charge is 0.256 e. The summed E-state index contributed by atoms with van der Waals surface area (Å²) < 4.78 is 6.24. The van der Waals surface area contributed by atoms with Crippen LogP contribution in [0.2, 0.25) is 0 Å². The second kappa shape index (κ2) is 4.74. The second-order valence-corrected chi connectivity index (χ2v) is 5.21. The highest BCUT2D eigenvalue weighted by Gasteiger charge is 2.21. The molecule has 1 aromatic carbocycles. The molecular formula is C13H13BrN2O2. The van der Waals surface area contributed by atoms with Crippen LogP contribution >= 0.6 is 15.9 Å². The molecule has 1 saturated heterocycles. The van der Waals surface area contributed by atoms with Crippen LogP contribution < -0.4 is 0 Å². The molecule has 1 amide bonds. The number of fused-ring (bicyclic) bond motifs is 1. The number of aromatic amines is 1. The maximum atomic E-state index is 12.4. The molecule has 1 N–H and O–H groups in total. The number of benzene rings is 1. The Morgan fingerprint density at radius 2 is 2.11 bits per heavy atom. The van der Waals surface area contributed by atoms with E-state index in [1.165, 1.54) is 0 Å². The van der Waals surface area contributed by atoms with Crippen molar-refractivity contribution in [3.05, 3.63) is 34.4 Å². The zero-order chi connectivity index (χ0) is 12.5. The van der Waals surface area contributed by atoms with E-state index in [-0.39, 0.29) is 5.91 Å². The number of carbonyl (C=O) groups is 1. The Kier molecular flexibility index (Phi) is 3.09. The third-order valence-corrected chi connectivity index (χ3v) is 3.67. The lowest BCUT2D eigenvalue weighted by Gasteiger charge is -2.26. The van der Waals surface area contributed by atoms with E-state index >= 15 is 0 Å². The van der Waals surface area contributed by atoms with Gasteiger partial charge in [-0.25, -0.2) is 0 Å². The van der Waals surface area contributed by atoms with Crippen molar-refractivity contribution < 1.29 is 9.53 Å². The number of hydrogen-bond donors (Lipinski definition) is 1. The molecule has 2 heterocycles. The minimum atomic E-state index is 0.0719. The Balaban J connectivity index is 1.98. The Morgan fingerprint density at radius 1 is 1.33 bits per heavy atom. The molecule has 2 aromatic rings. The van der Waals surface area contributed by atoms with Gasteiger partial charge in [-0.2, -0.15) is 0 Å². The summed E-state index contributed by atoms with van der Waals surface area (Å²) in [6, 6.07) is 5.90.